The van der Waals surface area contributed by atoms with Crippen LogP contribution in [-0.2, 0) is 0 Å². The normalized spacial score (nSPS) is 24.9. The molecule has 1 saturated heterocycles. The van der Waals surface area contributed by atoms with Crippen molar-refractivity contribution >= 4 is 0 Å². The van der Waals surface area contributed by atoms with E-state index in [0.717, 1.165) is 26.3 Å². The van der Waals surface area contributed by atoms with Crippen molar-refractivity contribution in [3.8, 4) is 0 Å². The van der Waals surface area contributed by atoms with Gasteiger partial charge in [0.1, 0.15) is 0 Å². The van der Waals surface area contributed by atoms with Crippen LogP contribution in [0.25, 0.3) is 0 Å². The van der Waals surface area contributed by atoms with Gasteiger partial charge in [0.25, 0.3) is 0 Å². The topological polar surface area (TPSA) is 27.3 Å². The van der Waals surface area contributed by atoms with Crippen LogP contribution in [0, 0.1) is 0 Å². The van der Waals surface area contributed by atoms with Crippen molar-refractivity contribution in [1.82, 2.24) is 15.5 Å². The summed E-state index contributed by atoms with van der Waals surface area (Å²) in [5.41, 5.74) is 0. The fourth-order valence-electron chi connectivity index (χ4n) is 1.29. The van der Waals surface area contributed by atoms with E-state index in [1.54, 1.807) is 0 Å². The average Bonchev–Trinajstić information content (AvgIpc) is 2.33. The molecule has 3 nitrogen and oxygen atoms in total. The standard InChI is InChI=1S/C6H11N3/c1-2-7-5-9-4-3-8-6(1)9/h1,7-8H,2-5H2. The maximum atomic E-state index is 3.31. The van der Waals surface area contributed by atoms with Crippen molar-refractivity contribution in [3.05, 3.63) is 11.9 Å². The molecule has 0 aromatic rings. The van der Waals surface area contributed by atoms with E-state index < -0.39 is 0 Å². The second-order valence-electron chi connectivity index (χ2n) is 2.39. The lowest BCUT2D eigenvalue weighted by molar-refractivity contribution is 0.347. The fraction of sp³-hybridized carbons (Fsp3) is 0.667. The first-order valence-electron chi connectivity index (χ1n) is 3.36. The van der Waals surface area contributed by atoms with Gasteiger partial charge in [-0.25, -0.2) is 0 Å². The number of nitrogens with one attached hydrogen (secondary N) is 2. The molecule has 2 aliphatic heterocycles. The summed E-state index contributed by atoms with van der Waals surface area (Å²) >= 11 is 0. The van der Waals surface area contributed by atoms with Crippen molar-refractivity contribution in [2.75, 3.05) is 26.3 Å². The van der Waals surface area contributed by atoms with E-state index in [1.807, 2.05) is 0 Å². The minimum absolute atomic E-state index is 1.01. The van der Waals surface area contributed by atoms with Gasteiger partial charge in [0.15, 0.2) is 0 Å². The van der Waals surface area contributed by atoms with Crippen molar-refractivity contribution in [2.24, 2.45) is 0 Å². The molecule has 0 bridgehead atoms. The first-order chi connectivity index (χ1) is 4.47. The van der Waals surface area contributed by atoms with Gasteiger partial charge in [0.2, 0.25) is 0 Å². The van der Waals surface area contributed by atoms with Gasteiger partial charge < -0.3 is 10.2 Å². The lowest BCUT2D eigenvalue weighted by Crippen LogP contribution is -2.36. The second kappa shape index (κ2) is 1.92. The van der Waals surface area contributed by atoms with Crippen LogP contribution in [0.2, 0.25) is 0 Å². The Bertz CT molecular complexity index is 141. The first-order valence-corrected chi connectivity index (χ1v) is 3.36. The Morgan fingerprint density at radius 3 is 3.44 bits per heavy atom. The summed E-state index contributed by atoms with van der Waals surface area (Å²) in [6, 6.07) is 0. The molecule has 9 heavy (non-hydrogen) atoms. The predicted molar refractivity (Wildman–Crippen MR) is 35.7 cm³/mol. The molecule has 0 aliphatic carbocycles. The third-order valence-electron chi connectivity index (χ3n) is 1.77. The number of hydrogen-bond acceptors (Lipinski definition) is 3. The number of fused-ring (bicyclic) bond motifs is 1. The number of nitrogens with zero attached hydrogens (tertiary/aromatic N) is 1. The predicted octanol–water partition coefficient (Wildman–Crippen LogP) is -0.706. The summed E-state index contributed by atoms with van der Waals surface area (Å²) in [6.45, 7) is 4.28. The van der Waals surface area contributed by atoms with Crippen LogP contribution in [0.4, 0.5) is 0 Å². The van der Waals surface area contributed by atoms with Gasteiger partial charge in [0.05, 0.1) is 12.5 Å². The van der Waals surface area contributed by atoms with Gasteiger partial charge in [-0.05, 0) is 6.08 Å². The van der Waals surface area contributed by atoms with Crippen LogP contribution in [-0.4, -0.2) is 31.2 Å². The summed E-state index contributed by atoms with van der Waals surface area (Å²) in [4.78, 5) is 2.31. The first kappa shape index (κ1) is 5.11. The summed E-state index contributed by atoms with van der Waals surface area (Å²) in [5.74, 6) is 1.31. The molecule has 0 aromatic carbocycles. The lowest BCUT2D eigenvalue weighted by Gasteiger charge is -2.23. The van der Waals surface area contributed by atoms with Gasteiger partial charge in [0, 0.05) is 19.6 Å². The van der Waals surface area contributed by atoms with E-state index in [1.165, 1.54) is 5.82 Å². The van der Waals surface area contributed by atoms with Crippen molar-refractivity contribution in [1.29, 1.82) is 0 Å². The van der Waals surface area contributed by atoms with E-state index >= 15 is 0 Å². The maximum Gasteiger partial charge on any atom is 0.0996 e. The lowest BCUT2D eigenvalue weighted by atomic mass is 10.4. The largest absolute Gasteiger partial charge is 0.370 e. The van der Waals surface area contributed by atoms with Crippen LogP contribution in [0.1, 0.15) is 0 Å². The Kier molecular flexibility index (Phi) is 1.09. The van der Waals surface area contributed by atoms with Crippen molar-refractivity contribution in [3.63, 3.8) is 0 Å². The van der Waals surface area contributed by atoms with Crippen LogP contribution < -0.4 is 10.6 Å². The molecule has 0 saturated carbocycles. The van der Waals surface area contributed by atoms with Gasteiger partial charge in [-0.3, -0.25) is 5.32 Å². The Morgan fingerprint density at radius 2 is 2.56 bits per heavy atom. The van der Waals surface area contributed by atoms with Crippen LogP contribution in [0.15, 0.2) is 11.9 Å². The molecule has 0 atom stereocenters. The highest BCUT2D eigenvalue weighted by atomic mass is 15.4. The van der Waals surface area contributed by atoms with E-state index in [0.29, 0.717) is 0 Å². The average molecular weight is 125 g/mol. The molecule has 2 rings (SSSR count). The fourth-order valence-corrected chi connectivity index (χ4v) is 1.29. The highest BCUT2D eigenvalue weighted by molar-refractivity contribution is 5.07. The number of rotatable bonds is 0. The summed E-state index contributed by atoms with van der Waals surface area (Å²) < 4.78 is 0. The van der Waals surface area contributed by atoms with Crippen LogP contribution in [0.3, 0.4) is 0 Å². The minimum Gasteiger partial charge on any atom is -0.370 e. The minimum atomic E-state index is 1.01. The van der Waals surface area contributed by atoms with Gasteiger partial charge in [-0.2, -0.15) is 0 Å². The molecule has 0 aromatic heterocycles. The van der Waals surface area contributed by atoms with E-state index in [2.05, 4.69) is 21.6 Å². The monoisotopic (exact) mass is 125 g/mol. The molecule has 2 N–H and O–H groups in total. The molecule has 2 aliphatic rings. The Morgan fingerprint density at radius 1 is 1.56 bits per heavy atom. The molecular weight excluding hydrogens is 114 g/mol. The zero-order chi connectivity index (χ0) is 6.10. The Hall–Kier alpha value is -0.700. The molecule has 0 amide bonds. The third kappa shape index (κ3) is 0.772. The van der Waals surface area contributed by atoms with Crippen LogP contribution >= 0.6 is 0 Å². The summed E-state index contributed by atoms with van der Waals surface area (Å²) in [6.07, 6.45) is 2.19. The Labute approximate surface area is 54.7 Å². The molecule has 0 radical (unpaired) electrons. The summed E-state index contributed by atoms with van der Waals surface area (Å²) in [5, 5.41) is 6.57. The molecular formula is C6H11N3. The molecule has 1 fully saturated rings. The molecule has 3 heteroatoms. The smallest absolute Gasteiger partial charge is 0.0996 e. The maximum absolute atomic E-state index is 3.31. The molecule has 2 heterocycles. The van der Waals surface area contributed by atoms with E-state index in [4.69, 9.17) is 0 Å². The molecule has 0 spiro atoms. The number of hydrogen-bond donors (Lipinski definition) is 2. The molecule has 50 valence electrons. The zero-order valence-corrected chi connectivity index (χ0v) is 5.35. The second-order valence-corrected chi connectivity index (χ2v) is 2.39. The van der Waals surface area contributed by atoms with Crippen molar-refractivity contribution < 1.29 is 0 Å². The van der Waals surface area contributed by atoms with Crippen molar-refractivity contribution in [2.45, 2.75) is 0 Å². The van der Waals surface area contributed by atoms with Gasteiger partial charge >= 0.3 is 0 Å². The third-order valence-corrected chi connectivity index (χ3v) is 1.77. The Balaban J connectivity index is 2.16. The highest BCUT2D eigenvalue weighted by Gasteiger charge is 2.16. The highest BCUT2D eigenvalue weighted by Crippen LogP contribution is 2.06. The van der Waals surface area contributed by atoms with Gasteiger partial charge in [-0.1, -0.05) is 0 Å². The molecule has 0 unspecified atom stereocenters. The summed E-state index contributed by atoms with van der Waals surface area (Å²) in [7, 11) is 0. The van der Waals surface area contributed by atoms with E-state index in [-0.39, 0.29) is 0 Å². The zero-order valence-electron chi connectivity index (χ0n) is 5.35. The van der Waals surface area contributed by atoms with Gasteiger partial charge in [-0.15, -0.1) is 0 Å². The SMILES string of the molecule is C1=C2NCCN2CNC1. The van der Waals surface area contributed by atoms with Crippen LogP contribution in [0.5, 0.6) is 0 Å². The van der Waals surface area contributed by atoms with E-state index in [9.17, 15) is 0 Å². The quantitative estimate of drug-likeness (QED) is 0.448.